The van der Waals surface area contributed by atoms with Gasteiger partial charge in [0.05, 0.1) is 6.54 Å². The second kappa shape index (κ2) is 4.53. The van der Waals surface area contributed by atoms with Crippen LogP contribution in [0.2, 0.25) is 0 Å². The molecule has 1 saturated carbocycles. The maximum Gasteiger partial charge on any atom is 0.229 e. The first kappa shape index (κ1) is 10.8. The Bertz CT molecular complexity index is 458. The molecule has 4 heteroatoms. The average molecular weight is 246 g/mol. The monoisotopic (exact) mass is 246 g/mol. The molecule has 1 aromatic carbocycles. The summed E-state index contributed by atoms with van der Waals surface area (Å²) in [6.45, 7) is 0.826. The standard InChI is InChI=1S/C13H14N2OS/c16-12(15-13-14-6-7-17-13)11-8-10(11)9-4-2-1-3-5-9/h1-5,10-11H,6-8H2,(H,14,15,16). The van der Waals surface area contributed by atoms with Crippen molar-refractivity contribution in [1.29, 1.82) is 0 Å². The molecule has 1 aliphatic carbocycles. The lowest BCUT2D eigenvalue weighted by Crippen LogP contribution is -2.29. The van der Waals surface area contributed by atoms with Crippen LogP contribution < -0.4 is 5.32 Å². The summed E-state index contributed by atoms with van der Waals surface area (Å²) in [5.41, 5.74) is 1.27. The molecule has 0 radical (unpaired) electrons. The Kier molecular flexibility index (Phi) is 2.89. The van der Waals surface area contributed by atoms with Crippen molar-refractivity contribution in [3.05, 3.63) is 35.9 Å². The van der Waals surface area contributed by atoms with Gasteiger partial charge in [0.2, 0.25) is 5.91 Å². The van der Waals surface area contributed by atoms with Gasteiger partial charge < -0.3 is 5.32 Å². The maximum absolute atomic E-state index is 11.9. The summed E-state index contributed by atoms with van der Waals surface area (Å²) in [6.07, 6.45) is 0.966. The molecule has 88 valence electrons. The highest BCUT2D eigenvalue weighted by Crippen LogP contribution is 2.47. The molecule has 1 aliphatic heterocycles. The van der Waals surface area contributed by atoms with Crippen molar-refractivity contribution in [3.8, 4) is 0 Å². The van der Waals surface area contributed by atoms with Gasteiger partial charge in [-0.25, -0.2) is 0 Å². The van der Waals surface area contributed by atoms with Gasteiger partial charge in [-0.05, 0) is 17.9 Å². The van der Waals surface area contributed by atoms with E-state index in [0.717, 1.165) is 23.9 Å². The van der Waals surface area contributed by atoms with E-state index in [1.54, 1.807) is 11.8 Å². The van der Waals surface area contributed by atoms with Crippen LogP contribution in [0.25, 0.3) is 0 Å². The molecule has 2 aliphatic rings. The third-order valence-corrected chi connectivity index (χ3v) is 4.06. The molecular formula is C13H14N2OS. The number of carbonyl (C=O) groups is 1. The Morgan fingerprint density at radius 1 is 1.35 bits per heavy atom. The van der Waals surface area contributed by atoms with Crippen molar-refractivity contribution in [1.82, 2.24) is 5.32 Å². The second-order valence-electron chi connectivity index (χ2n) is 4.38. The van der Waals surface area contributed by atoms with Crippen LogP contribution in [-0.2, 0) is 4.79 Å². The Labute approximate surface area is 105 Å². The first-order valence-corrected chi connectivity index (χ1v) is 6.86. The van der Waals surface area contributed by atoms with E-state index in [9.17, 15) is 4.79 Å². The topological polar surface area (TPSA) is 41.5 Å². The summed E-state index contributed by atoms with van der Waals surface area (Å²) in [5, 5.41) is 3.71. The van der Waals surface area contributed by atoms with E-state index in [1.165, 1.54) is 5.56 Å². The highest BCUT2D eigenvalue weighted by atomic mass is 32.2. The minimum Gasteiger partial charge on any atom is -0.305 e. The van der Waals surface area contributed by atoms with Crippen LogP contribution in [-0.4, -0.2) is 23.4 Å². The second-order valence-corrected chi connectivity index (χ2v) is 5.47. The predicted molar refractivity (Wildman–Crippen MR) is 70.2 cm³/mol. The number of carbonyl (C=O) groups excluding carboxylic acids is 1. The Morgan fingerprint density at radius 3 is 2.88 bits per heavy atom. The maximum atomic E-state index is 11.9. The minimum absolute atomic E-state index is 0.131. The van der Waals surface area contributed by atoms with Crippen molar-refractivity contribution in [2.24, 2.45) is 10.9 Å². The van der Waals surface area contributed by atoms with E-state index in [4.69, 9.17) is 0 Å². The van der Waals surface area contributed by atoms with E-state index in [2.05, 4.69) is 22.4 Å². The number of amides is 1. The number of benzene rings is 1. The zero-order valence-corrected chi connectivity index (χ0v) is 10.2. The Balaban J connectivity index is 1.59. The molecule has 0 spiro atoms. The number of hydrogen-bond acceptors (Lipinski definition) is 3. The highest BCUT2D eigenvalue weighted by Gasteiger charge is 2.44. The molecule has 3 rings (SSSR count). The van der Waals surface area contributed by atoms with Crippen molar-refractivity contribution >= 4 is 22.8 Å². The lowest BCUT2D eigenvalue weighted by atomic mass is 10.1. The molecule has 3 nitrogen and oxygen atoms in total. The average Bonchev–Trinajstić information content (AvgIpc) is 3.02. The van der Waals surface area contributed by atoms with Gasteiger partial charge in [0, 0.05) is 11.7 Å². The number of nitrogens with one attached hydrogen (secondary N) is 1. The van der Waals surface area contributed by atoms with Crippen molar-refractivity contribution in [2.75, 3.05) is 12.3 Å². The lowest BCUT2D eigenvalue weighted by molar-refractivity contribution is -0.120. The zero-order chi connectivity index (χ0) is 11.7. The van der Waals surface area contributed by atoms with Crippen LogP contribution in [0.1, 0.15) is 17.9 Å². The van der Waals surface area contributed by atoms with Gasteiger partial charge >= 0.3 is 0 Å². The first-order chi connectivity index (χ1) is 8.34. The fourth-order valence-corrected chi connectivity index (χ4v) is 2.89. The third-order valence-electron chi connectivity index (χ3n) is 3.17. The van der Waals surface area contributed by atoms with Crippen molar-refractivity contribution in [2.45, 2.75) is 12.3 Å². The molecule has 1 heterocycles. The van der Waals surface area contributed by atoms with Crippen LogP contribution in [0.15, 0.2) is 35.3 Å². The minimum atomic E-state index is 0.131. The van der Waals surface area contributed by atoms with Crippen molar-refractivity contribution < 1.29 is 4.79 Å². The summed E-state index contributed by atoms with van der Waals surface area (Å²) in [4.78, 5) is 16.2. The van der Waals surface area contributed by atoms with Gasteiger partial charge in [-0.15, -0.1) is 0 Å². The predicted octanol–water partition coefficient (Wildman–Crippen LogP) is 2.01. The molecule has 2 unspecified atom stereocenters. The fourth-order valence-electron chi connectivity index (χ4n) is 2.16. The molecule has 1 fully saturated rings. The molecule has 0 aromatic heterocycles. The van der Waals surface area contributed by atoms with E-state index >= 15 is 0 Å². The molecule has 0 bridgehead atoms. The Hall–Kier alpha value is -1.29. The van der Waals surface area contributed by atoms with Crippen LogP contribution in [0.4, 0.5) is 0 Å². The van der Waals surface area contributed by atoms with Crippen LogP contribution in [0, 0.1) is 5.92 Å². The quantitative estimate of drug-likeness (QED) is 0.867. The summed E-state index contributed by atoms with van der Waals surface area (Å²) in [7, 11) is 0. The summed E-state index contributed by atoms with van der Waals surface area (Å²) < 4.78 is 0. The van der Waals surface area contributed by atoms with Crippen LogP contribution in [0.5, 0.6) is 0 Å². The van der Waals surface area contributed by atoms with Gasteiger partial charge in [-0.1, -0.05) is 42.1 Å². The van der Waals surface area contributed by atoms with Gasteiger partial charge in [0.1, 0.15) is 0 Å². The van der Waals surface area contributed by atoms with E-state index in [1.807, 2.05) is 18.2 Å². The third kappa shape index (κ3) is 2.36. The zero-order valence-electron chi connectivity index (χ0n) is 9.43. The fraction of sp³-hybridized carbons (Fsp3) is 0.385. The molecule has 1 aromatic rings. The van der Waals surface area contributed by atoms with Gasteiger partial charge in [0.25, 0.3) is 0 Å². The number of rotatable bonds is 2. The first-order valence-electron chi connectivity index (χ1n) is 5.87. The smallest absolute Gasteiger partial charge is 0.229 e. The number of nitrogens with zero attached hydrogens (tertiary/aromatic N) is 1. The van der Waals surface area contributed by atoms with Gasteiger partial charge in [0.15, 0.2) is 5.17 Å². The number of amidine groups is 1. The molecule has 1 amide bonds. The molecule has 2 atom stereocenters. The summed E-state index contributed by atoms with van der Waals surface area (Å²) in [6, 6.07) is 10.3. The normalized spacial score (nSPS) is 26.5. The van der Waals surface area contributed by atoms with Gasteiger partial charge in [-0.3, -0.25) is 9.79 Å². The number of aliphatic imine (C=N–C) groups is 1. The molecular weight excluding hydrogens is 232 g/mol. The number of thioether (sulfide) groups is 1. The highest BCUT2D eigenvalue weighted by molar-refractivity contribution is 8.14. The summed E-state index contributed by atoms with van der Waals surface area (Å²) >= 11 is 1.63. The largest absolute Gasteiger partial charge is 0.305 e. The van der Waals surface area contributed by atoms with E-state index < -0.39 is 0 Å². The van der Waals surface area contributed by atoms with Crippen LogP contribution >= 0.6 is 11.8 Å². The SMILES string of the molecule is O=C(NC1=NCCS1)C1CC1c1ccccc1. The van der Waals surface area contributed by atoms with E-state index in [-0.39, 0.29) is 11.8 Å². The molecule has 0 saturated heterocycles. The Morgan fingerprint density at radius 2 is 2.18 bits per heavy atom. The van der Waals surface area contributed by atoms with E-state index in [0.29, 0.717) is 5.92 Å². The lowest BCUT2D eigenvalue weighted by Gasteiger charge is -2.03. The van der Waals surface area contributed by atoms with Gasteiger partial charge in [-0.2, -0.15) is 0 Å². The van der Waals surface area contributed by atoms with Crippen molar-refractivity contribution in [3.63, 3.8) is 0 Å². The van der Waals surface area contributed by atoms with Crippen LogP contribution in [0.3, 0.4) is 0 Å². The molecule has 1 N–H and O–H groups in total. The summed E-state index contributed by atoms with van der Waals surface area (Å²) in [5.74, 6) is 1.67. The number of hydrogen-bond donors (Lipinski definition) is 1. The molecule has 17 heavy (non-hydrogen) atoms.